The van der Waals surface area contributed by atoms with E-state index in [4.69, 9.17) is 5.73 Å². The third-order valence-corrected chi connectivity index (χ3v) is 4.95. The van der Waals surface area contributed by atoms with E-state index < -0.39 is 0 Å². The summed E-state index contributed by atoms with van der Waals surface area (Å²) in [7, 11) is 0. The van der Waals surface area contributed by atoms with Crippen LogP contribution in [0.5, 0.6) is 0 Å². The first kappa shape index (κ1) is 12.7. The number of hydrogen-bond donors (Lipinski definition) is 2. The van der Waals surface area contributed by atoms with Crippen LogP contribution in [0.4, 0.5) is 5.82 Å². The summed E-state index contributed by atoms with van der Waals surface area (Å²) in [5, 5.41) is 0. The number of nitrogens with zero attached hydrogens (tertiary/aromatic N) is 2. The van der Waals surface area contributed by atoms with Crippen molar-refractivity contribution in [2.75, 3.05) is 18.0 Å². The summed E-state index contributed by atoms with van der Waals surface area (Å²) in [6.07, 6.45) is 7.75. The number of hydrogen-bond acceptors (Lipinski definition) is 4. The van der Waals surface area contributed by atoms with Crippen LogP contribution in [-0.2, 0) is 0 Å². The molecule has 5 heteroatoms. The molecule has 0 unspecified atom stereocenters. The van der Waals surface area contributed by atoms with Crippen molar-refractivity contribution >= 4 is 5.82 Å². The topological polar surface area (TPSA) is 75.0 Å². The second kappa shape index (κ2) is 4.63. The van der Waals surface area contributed by atoms with Crippen molar-refractivity contribution in [3.63, 3.8) is 0 Å². The highest BCUT2D eigenvalue weighted by Gasteiger charge is 2.45. The van der Waals surface area contributed by atoms with Gasteiger partial charge in [0.2, 0.25) is 0 Å². The molecule has 2 aliphatic rings. The van der Waals surface area contributed by atoms with Crippen molar-refractivity contribution in [2.45, 2.75) is 38.6 Å². The summed E-state index contributed by atoms with van der Waals surface area (Å²) < 4.78 is 0. The summed E-state index contributed by atoms with van der Waals surface area (Å²) in [5.41, 5.74) is 6.56. The van der Waals surface area contributed by atoms with Gasteiger partial charge in [-0.25, -0.2) is 4.98 Å². The number of nitrogens with one attached hydrogen (secondary N) is 1. The van der Waals surface area contributed by atoms with Gasteiger partial charge in [-0.2, -0.15) is 0 Å². The molecule has 0 radical (unpaired) electrons. The lowest BCUT2D eigenvalue weighted by molar-refractivity contribution is 0.192. The molecule has 5 nitrogen and oxygen atoms in total. The monoisotopic (exact) mass is 262 g/mol. The molecule has 1 aromatic rings. The minimum atomic E-state index is -0.0949. The van der Waals surface area contributed by atoms with Gasteiger partial charge in [0.05, 0.1) is 0 Å². The van der Waals surface area contributed by atoms with Crippen LogP contribution in [0.25, 0.3) is 0 Å². The van der Waals surface area contributed by atoms with Gasteiger partial charge in [-0.1, -0.05) is 6.92 Å². The number of rotatable bonds is 1. The lowest BCUT2D eigenvalue weighted by Gasteiger charge is -2.42. The van der Waals surface area contributed by atoms with Crippen LogP contribution in [-0.4, -0.2) is 29.1 Å². The van der Waals surface area contributed by atoms with Crippen molar-refractivity contribution in [1.29, 1.82) is 0 Å². The minimum Gasteiger partial charge on any atom is -0.352 e. The standard InChI is InChI=1S/C14H22N4O/c1-10-8-11(15)14(9-10)2-6-18(7-3-14)12-13(19)17-5-4-16-12/h4-5,10-11H,2-3,6-9,15H2,1H3,(H,17,19)/t10-,11+/m0/s1. The molecule has 1 spiro atoms. The maximum Gasteiger partial charge on any atom is 0.290 e. The normalized spacial score (nSPS) is 29.9. The van der Waals surface area contributed by atoms with E-state index in [-0.39, 0.29) is 5.56 Å². The lowest BCUT2D eigenvalue weighted by Crippen LogP contribution is -2.48. The average molecular weight is 262 g/mol. The maximum absolute atomic E-state index is 11.8. The van der Waals surface area contributed by atoms with Gasteiger partial charge in [0.15, 0.2) is 5.82 Å². The summed E-state index contributed by atoms with van der Waals surface area (Å²) in [5.74, 6) is 1.29. The van der Waals surface area contributed by atoms with Crippen molar-refractivity contribution in [2.24, 2.45) is 17.1 Å². The second-order valence-electron chi connectivity index (χ2n) is 6.24. The van der Waals surface area contributed by atoms with Crippen molar-refractivity contribution < 1.29 is 0 Å². The van der Waals surface area contributed by atoms with Crippen LogP contribution in [0.3, 0.4) is 0 Å². The summed E-state index contributed by atoms with van der Waals surface area (Å²) in [6.45, 7) is 4.07. The van der Waals surface area contributed by atoms with E-state index in [1.165, 1.54) is 6.42 Å². The van der Waals surface area contributed by atoms with Crippen LogP contribution in [0.15, 0.2) is 17.2 Å². The number of H-pyrrole nitrogens is 1. The Morgan fingerprint density at radius 2 is 2.21 bits per heavy atom. The predicted molar refractivity (Wildman–Crippen MR) is 75.1 cm³/mol. The Bertz CT molecular complexity index is 504. The smallest absolute Gasteiger partial charge is 0.290 e. The molecule has 1 aromatic heterocycles. The zero-order valence-electron chi connectivity index (χ0n) is 11.4. The van der Waals surface area contributed by atoms with Crippen molar-refractivity contribution in [3.8, 4) is 0 Å². The number of nitrogens with two attached hydrogens (primary N) is 1. The van der Waals surface area contributed by atoms with Gasteiger partial charge in [0, 0.05) is 31.5 Å². The first-order valence-corrected chi connectivity index (χ1v) is 7.15. The molecule has 3 rings (SSSR count). The first-order chi connectivity index (χ1) is 9.11. The fourth-order valence-corrected chi connectivity index (χ4v) is 3.92. The van der Waals surface area contributed by atoms with E-state index >= 15 is 0 Å². The molecule has 1 aliphatic carbocycles. The highest BCUT2D eigenvalue weighted by atomic mass is 16.1. The highest BCUT2D eigenvalue weighted by molar-refractivity contribution is 5.36. The van der Waals surface area contributed by atoms with Crippen molar-refractivity contribution in [1.82, 2.24) is 9.97 Å². The molecule has 1 aliphatic heterocycles. The van der Waals surface area contributed by atoms with Gasteiger partial charge in [-0.15, -0.1) is 0 Å². The van der Waals surface area contributed by atoms with Gasteiger partial charge < -0.3 is 15.6 Å². The molecule has 104 valence electrons. The molecule has 2 fully saturated rings. The molecule has 1 saturated carbocycles. The molecule has 1 saturated heterocycles. The molecule has 0 bridgehead atoms. The fraction of sp³-hybridized carbons (Fsp3) is 0.714. The zero-order chi connectivity index (χ0) is 13.5. The Morgan fingerprint density at radius 1 is 1.47 bits per heavy atom. The van der Waals surface area contributed by atoms with Crippen molar-refractivity contribution in [3.05, 3.63) is 22.7 Å². The minimum absolute atomic E-state index is 0.0949. The molecular weight excluding hydrogens is 240 g/mol. The number of piperidine rings is 1. The van der Waals surface area contributed by atoms with Gasteiger partial charge >= 0.3 is 0 Å². The number of aromatic amines is 1. The van der Waals surface area contributed by atoms with E-state index in [1.807, 2.05) is 0 Å². The Morgan fingerprint density at radius 3 is 2.79 bits per heavy atom. The van der Waals surface area contributed by atoms with Crippen LogP contribution in [0.2, 0.25) is 0 Å². The fourth-order valence-electron chi connectivity index (χ4n) is 3.92. The molecular formula is C14H22N4O. The second-order valence-corrected chi connectivity index (χ2v) is 6.24. The van der Waals surface area contributed by atoms with E-state index in [0.29, 0.717) is 17.3 Å². The Balaban J connectivity index is 1.74. The lowest BCUT2D eigenvalue weighted by atomic mass is 9.74. The van der Waals surface area contributed by atoms with Crippen LogP contribution in [0, 0.1) is 11.3 Å². The largest absolute Gasteiger partial charge is 0.352 e. The predicted octanol–water partition coefficient (Wildman–Crippen LogP) is 1.11. The summed E-state index contributed by atoms with van der Waals surface area (Å²) in [4.78, 5) is 20.8. The van der Waals surface area contributed by atoms with Gasteiger partial charge in [-0.05, 0) is 37.0 Å². The highest BCUT2D eigenvalue weighted by Crippen LogP contribution is 2.48. The summed E-state index contributed by atoms with van der Waals surface area (Å²) in [6, 6.07) is 0.326. The van der Waals surface area contributed by atoms with Crippen LogP contribution in [0.1, 0.15) is 32.6 Å². The Hall–Kier alpha value is -1.36. The third kappa shape index (κ3) is 2.16. The van der Waals surface area contributed by atoms with Gasteiger partial charge in [0.1, 0.15) is 0 Å². The Kier molecular flexibility index (Phi) is 3.09. The molecule has 3 N–H and O–H groups in total. The molecule has 19 heavy (non-hydrogen) atoms. The SMILES string of the molecule is C[C@H]1C[C@@H](N)C2(CCN(c3ncc[nH]c3=O)CC2)C1. The Labute approximate surface area is 113 Å². The summed E-state index contributed by atoms with van der Waals surface area (Å²) >= 11 is 0. The molecule has 0 amide bonds. The third-order valence-electron chi connectivity index (χ3n) is 4.95. The average Bonchev–Trinajstić information content (AvgIpc) is 2.66. The van der Waals surface area contributed by atoms with E-state index in [0.717, 1.165) is 38.3 Å². The van der Waals surface area contributed by atoms with Crippen LogP contribution < -0.4 is 16.2 Å². The number of aromatic nitrogens is 2. The molecule has 0 aromatic carbocycles. The molecule has 2 heterocycles. The van der Waals surface area contributed by atoms with E-state index in [9.17, 15) is 4.79 Å². The van der Waals surface area contributed by atoms with E-state index in [1.54, 1.807) is 12.4 Å². The van der Waals surface area contributed by atoms with Gasteiger partial charge in [0.25, 0.3) is 5.56 Å². The molecule has 2 atom stereocenters. The zero-order valence-corrected chi connectivity index (χ0v) is 11.4. The van der Waals surface area contributed by atoms with E-state index in [2.05, 4.69) is 21.8 Å². The first-order valence-electron chi connectivity index (χ1n) is 7.15. The quantitative estimate of drug-likeness (QED) is 0.795. The van der Waals surface area contributed by atoms with Gasteiger partial charge in [-0.3, -0.25) is 4.79 Å². The number of anilines is 1. The van der Waals surface area contributed by atoms with Crippen LogP contribution >= 0.6 is 0 Å². The maximum atomic E-state index is 11.8.